The Bertz CT molecular complexity index is 904. The molecular formula is C22H24F3N3O3. The molecule has 0 saturated carbocycles. The van der Waals surface area contributed by atoms with E-state index in [9.17, 15) is 22.8 Å². The highest BCUT2D eigenvalue weighted by Gasteiger charge is 2.30. The van der Waals surface area contributed by atoms with Crippen LogP contribution in [0.3, 0.4) is 0 Å². The third-order valence-electron chi connectivity index (χ3n) is 4.79. The molecule has 2 unspecified atom stereocenters. The zero-order chi connectivity index (χ0) is 22.6. The second-order valence-electron chi connectivity index (χ2n) is 7.52. The normalized spacial score (nSPS) is 19.1. The first-order chi connectivity index (χ1) is 14.6. The van der Waals surface area contributed by atoms with Gasteiger partial charge in [-0.05, 0) is 62.4 Å². The lowest BCUT2D eigenvalue weighted by Gasteiger charge is -2.35. The Morgan fingerprint density at radius 2 is 1.52 bits per heavy atom. The molecular weight excluding hydrogens is 411 g/mol. The molecule has 1 aliphatic heterocycles. The average Bonchev–Trinajstić information content (AvgIpc) is 2.71. The van der Waals surface area contributed by atoms with Gasteiger partial charge < -0.3 is 20.3 Å². The van der Waals surface area contributed by atoms with Crippen LogP contribution in [0.2, 0.25) is 0 Å². The van der Waals surface area contributed by atoms with Crippen molar-refractivity contribution in [3.05, 3.63) is 59.7 Å². The van der Waals surface area contributed by atoms with Crippen molar-refractivity contribution < 1.29 is 27.5 Å². The second-order valence-corrected chi connectivity index (χ2v) is 7.52. The van der Waals surface area contributed by atoms with E-state index < -0.39 is 17.6 Å². The number of carbonyl (C=O) groups is 2. The van der Waals surface area contributed by atoms with E-state index in [-0.39, 0.29) is 30.3 Å². The Hall–Kier alpha value is -3.07. The summed E-state index contributed by atoms with van der Waals surface area (Å²) in [5, 5.41) is 5.45. The summed E-state index contributed by atoms with van der Waals surface area (Å²) < 4.78 is 43.4. The highest BCUT2D eigenvalue weighted by molar-refractivity contribution is 5.95. The highest BCUT2D eigenvalue weighted by Crippen LogP contribution is 2.29. The van der Waals surface area contributed by atoms with Crippen LogP contribution in [0.15, 0.2) is 48.5 Å². The Morgan fingerprint density at radius 3 is 2.06 bits per heavy atom. The number of morpholine rings is 1. The van der Waals surface area contributed by atoms with Gasteiger partial charge in [0.15, 0.2) is 0 Å². The quantitative estimate of drug-likeness (QED) is 0.745. The lowest BCUT2D eigenvalue weighted by atomic mass is 10.1. The van der Waals surface area contributed by atoms with Gasteiger partial charge in [0.2, 0.25) is 5.91 Å². The minimum absolute atomic E-state index is 0.0168. The van der Waals surface area contributed by atoms with Crippen molar-refractivity contribution in [1.29, 1.82) is 0 Å². The van der Waals surface area contributed by atoms with Crippen LogP contribution in [0, 0.1) is 0 Å². The fraction of sp³-hybridized carbons (Fsp3) is 0.364. The number of rotatable bonds is 5. The van der Waals surface area contributed by atoms with E-state index in [1.54, 1.807) is 29.2 Å². The summed E-state index contributed by atoms with van der Waals surface area (Å²) in [4.78, 5) is 26.5. The molecule has 31 heavy (non-hydrogen) atoms. The Kier molecular flexibility index (Phi) is 6.84. The number of hydrogen-bond donors (Lipinski definition) is 2. The van der Waals surface area contributed by atoms with Crippen molar-refractivity contribution in [3.8, 4) is 0 Å². The van der Waals surface area contributed by atoms with Crippen LogP contribution in [-0.4, -0.2) is 48.6 Å². The summed E-state index contributed by atoms with van der Waals surface area (Å²) >= 11 is 0. The molecule has 2 aromatic carbocycles. The summed E-state index contributed by atoms with van der Waals surface area (Å²) in [6.07, 6.45) is -4.45. The van der Waals surface area contributed by atoms with E-state index in [1.807, 2.05) is 13.8 Å². The van der Waals surface area contributed by atoms with Gasteiger partial charge in [-0.3, -0.25) is 9.59 Å². The van der Waals surface area contributed by atoms with E-state index in [1.165, 1.54) is 12.1 Å². The van der Waals surface area contributed by atoms with Crippen LogP contribution in [0.5, 0.6) is 0 Å². The fourth-order valence-corrected chi connectivity index (χ4v) is 3.39. The predicted octanol–water partition coefficient (Wildman–Crippen LogP) is 4.01. The van der Waals surface area contributed by atoms with E-state index in [0.717, 1.165) is 12.1 Å². The summed E-state index contributed by atoms with van der Waals surface area (Å²) in [5.41, 5.74) is 0.679. The number of hydrogen-bond acceptors (Lipinski definition) is 4. The first-order valence-corrected chi connectivity index (χ1v) is 9.87. The molecule has 1 heterocycles. The summed E-state index contributed by atoms with van der Waals surface area (Å²) in [6, 6.07) is 11.0. The van der Waals surface area contributed by atoms with Crippen molar-refractivity contribution in [3.63, 3.8) is 0 Å². The van der Waals surface area contributed by atoms with Crippen LogP contribution >= 0.6 is 0 Å². The first-order valence-electron chi connectivity index (χ1n) is 9.87. The maximum atomic E-state index is 12.7. The molecule has 1 saturated heterocycles. The van der Waals surface area contributed by atoms with Crippen LogP contribution in [0.25, 0.3) is 0 Å². The number of anilines is 2. The SMILES string of the molecule is CC1CN(C(=O)c2ccc(NCC(=O)Nc3ccc(C(F)(F)F)cc3)cc2)CC(C)O1. The average molecular weight is 435 g/mol. The summed E-state index contributed by atoms with van der Waals surface area (Å²) in [6.45, 7) is 4.85. The molecule has 1 fully saturated rings. The monoisotopic (exact) mass is 435 g/mol. The Balaban J connectivity index is 1.50. The molecule has 0 aromatic heterocycles. The molecule has 2 aromatic rings. The molecule has 166 valence electrons. The van der Waals surface area contributed by atoms with Crippen LogP contribution in [-0.2, 0) is 15.7 Å². The Morgan fingerprint density at radius 1 is 0.968 bits per heavy atom. The van der Waals surface area contributed by atoms with E-state index in [4.69, 9.17) is 4.74 Å². The number of benzene rings is 2. The molecule has 9 heteroatoms. The third kappa shape index (κ3) is 6.21. The largest absolute Gasteiger partial charge is 0.416 e. The van der Waals surface area contributed by atoms with Gasteiger partial charge in [-0.1, -0.05) is 0 Å². The Labute approximate surface area is 178 Å². The van der Waals surface area contributed by atoms with Gasteiger partial charge in [-0.2, -0.15) is 13.2 Å². The van der Waals surface area contributed by atoms with E-state index in [2.05, 4.69) is 10.6 Å². The van der Waals surface area contributed by atoms with Gasteiger partial charge in [-0.25, -0.2) is 0 Å². The maximum Gasteiger partial charge on any atom is 0.416 e. The van der Waals surface area contributed by atoms with E-state index >= 15 is 0 Å². The zero-order valence-corrected chi connectivity index (χ0v) is 17.2. The number of carbonyl (C=O) groups excluding carboxylic acids is 2. The molecule has 1 aliphatic rings. The molecule has 2 N–H and O–H groups in total. The molecule has 2 atom stereocenters. The minimum atomic E-state index is -4.42. The molecule has 3 rings (SSSR count). The molecule has 0 spiro atoms. The van der Waals surface area contributed by atoms with Crippen molar-refractivity contribution in [2.75, 3.05) is 30.3 Å². The predicted molar refractivity (Wildman–Crippen MR) is 111 cm³/mol. The third-order valence-corrected chi connectivity index (χ3v) is 4.79. The second kappa shape index (κ2) is 9.38. The van der Waals surface area contributed by atoms with Crippen molar-refractivity contribution in [2.24, 2.45) is 0 Å². The lowest BCUT2D eigenvalue weighted by molar-refractivity contribution is -0.137. The van der Waals surface area contributed by atoms with Gasteiger partial charge in [0.05, 0.1) is 24.3 Å². The maximum absolute atomic E-state index is 12.7. The van der Waals surface area contributed by atoms with Gasteiger partial charge >= 0.3 is 6.18 Å². The van der Waals surface area contributed by atoms with Crippen molar-refractivity contribution in [2.45, 2.75) is 32.2 Å². The lowest BCUT2D eigenvalue weighted by Crippen LogP contribution is -2.48. The molecule has 0 aliphatic carbocycles. The number of ether oxygens (including phenoxy) is 1. The number of halogens is 3. The van der Waals surface area contributed by atoms with Gasteiger partial charge in [-0.15, -0.1) is 0 Å². The smallest absolute Gasteiger partial charge is 0.376 e. The van der Waals surface area contributed by atoms with Crippen molar-refractivity contribution in [1.82, 2.24) is 4.90 Å². The molecule has 0 radical (unpaired) electrons. The molecule has 2 amide bonds. The van der Waals surface area contributed by atoms with Crippen LogP contribution < -0.4 is 10.6 Å². The summed E-state index contributed by atoms with van der Waals surface area (Å²) in [7, 11) is 0. The number of alkyl halides is 3. The number of nitrogens with one attached hydrogen (secondary N) is 2. The molecule has 0 bridgehead atoms. The summed E-state index contributed by atoms with van der Waals surface area (Å²) in [5.74, 6) is -0.482. The topological polar surface area (TPSA) is 70.7 Å². The fourth-order valence-electron chi connectivity index (χ4n) is 3.39. The highest BCUT2D eigenvalue weighted by atomic mass is 19.4. The van der Waals surface area contributed by atoms with Gasteiger partial charge in [0, 0.05) is 30.0 Å². The van der Waals surface area contributed by atoms with Crippen LogP contribution in [0.1, 0.15) is 29.8 Å². The minimum Gasteiger partial charge on any atom is -0.376 e. The van der Waals surface area contributed by atoms with Gasteiger partial charge in [0.1, 0.15) is 0 Å². The van der Waals surface area contributed by atoms with E-state index in [0.29, 0.717) is 24.3 Å². The van der Waals surface area contributed by atoms with Gasteiger partial charge in [0.25, 0.3) is 5.91 Å². The van der Waals surface area contributed by atoms with Crippen LogP contribution in [0.4, 0.5) is 24.5 Å². The zero-order valence-electron chi connectivity index (χ0n) is 17.2. The number of amides is 2. The number of nitrogens with zero attached hydrogens (tertiary/aromatic N) is 1. The van der Waals surface area contributed by atoms with Crippen molar-refractivity contribution >= 4 is 23.2 Å². The first kappa shape index (κ1) is 22.6. The molecule has 6 nitrogen and oxygen atoms in total. The standard InChI is InChI=1S/C22H24F3N3O3/c1-14-12-28(13-15(2)31-14)21(30)16-3-7-18(8-4-16)26-11-20(29)27-19-9-5-17(6-10-19)22(23,24)25/h3-10,14-15,26H,11-13H2,1-2H3,(H,27,29).